The van der Waals surface area contributed by atoms with Crippen molar-refractivity contribution in [2.24, 2.45) is 0 Å². The minimum absolute atomic E-state index is 0.570. The molecule has 0 saturated heterocycles. The number of anilines is 2. The highest BCUT2D eigenvalue weighted by molar-refractivity contribution is 5.98. The molecule has 150 valence electrons. The van der Waals surface area contributed by atoms with Gasteiger partial charge in [-0.2, -0.15) is 0 Å². The van der Waals surface area contributed by atoms with Gasteiger partial charge in [0.15, 0.2) is 0 Å². The molecule has 4 nitrogen and oxygen atoms in total. The molecule has 0 radical (unpaired) electrons. The lowest BCUT2D eigenvalue weighted by molar-refractivity contribution is -0.139. The van der Waals surface area contributed by atoms with Gasteiger partial charge in [0, 0.05) is 22.3 Å². The van der Waals surface area contributed by atoms with Crippen LogP contribution in [0.3, 0.4) is 0 Å². The molecule has 4 heteroatoms. The molecule has 4 rings (SSSR count). The molecular weight excluding hydrogens is 360 g/mol. The van der Waals surface area contributed by atoms with Crippen molar-refractivity contribution in [3.05, 3.63) is 64.8 Å². The van der Waals surface area contributed by atoms with E-state index in [1.54, 1.807) is 0 Å². The summed E-state index contributed by atoms with van der Waals surface area (Å²) in [7, 11) is 0. The number of benzene rings is 2. The molecule has 3 aromatic rings. The van der Waals surface area contributed by atoms with Crippen LogP contribution in [0.5, 0.6) is 0 Å². The Morgan fingerprint density at radius 3 is 2.48 bits per heavy atom. The zero-order valence-electron chi connectivity index (χ0n) is 17.2. The monoisotopic (exact) mass is 388 g/mol. The highest BCUT2D eigenvalue weighted by Gasteiger charge is 2.27. The molecule has 0 aliphatic heterocycles. The Labute approximate surface area is 172 Å². The van der Waals surface area contributed by atoms with Crippen molar-refractivity contribution < 1.29 is 9.90 Å². The molecule has 0 saturated carbocycles. The standard InChI is InChI=1S/C25H28N2O2/c1-3-9-20(25(28)29)23-16(2)26-22-15-18-11-8-7-10-17(18)14-21(22)24(23)27-19-12-5-4-6-13-19/h4-6,12-15,20H,3,7-11H2,1-2H3,(H,26,27)(H,28,29). The third-order valence-corrected chi connectivity index (χ3v) is 5.94. The fourth-order valence-corrected chi connectivity index (χ4v) is 4.54. The zero-order chi connectivity index (χ0) is 20.4. The number of carboxylic acids is 1. The molecule has 0 fully saturated rings. The molecule has 1 aromatic heterocycles. The Kier molecular flexibility index (Phi) is 5.52. The second kappa shape index (κ2) is 8.24. The van der Waals surface area contributed by atoms with E-state index in [1.165, 1.54) is 24.0 Å². The number of rotatable bonds is 6. The molecule has 0 bridgehead atoms. The van der Waals surface area contributed by atoms with Crippen molar-refractivity contribution in [1.82, 2.24) is 4.98 Å². The lowest BCUT2D eigenvalue weighted by atomic mass is 9.87. The average molecular weight is 389 g/mol. The van der Waals surface area contributed by atoms with E-state index in [1.807, 2.05) is 44.2 Å². The highest BCUT2D eigenvalue weighted by atomic mass is 16.4. The summed E-state index contributed by atoms with van der Waals surface area (Å²) in [5.74, 6) is -1.36. The second-order valence-electron chi connectivity index (χ2n) is 8.00. The average Bonchev–Trinajstić information content (AvgIpc) is 2.72. The number of nitrogens with zero attached hydrogens (tertiary/aromatic N) is 1. The van der Waals surface area contributed by atoms with Gasteiger partial charge in [0.1, 0.15) is 0 Å². The fraction of sp³-hybridized carbons (Fsp3) is 0.360. The largest absolute Gasteiger partial charge is 0.481 e. The van der Waals surface area contributed by atoms with Crippen LogP contribution in [0, 0.1) is 6.92 Å². The first-order valence-corrected chi connectivity index (χ1v) is 10.6. The maximum atomic E-state index is 12.2. The Morgan fingerprint density at radius 1 is 1.14 bits per heavy atom. The summed E-state index contributed by atoms with van der Waals surface area (Å²) in [6, 6.07) is 14.4. The van der Waals surface area contributed by atoms with Gasteiger partial charge in [-0.05, 0) is 74.4 Å². The van der Waals surface area contributed by atoms with E-state index in [2.05, 4.69) is 17.4 Å². The van der Waals surface area contributed by atoms with E-state index in [4.69, 9.17) is 4.98 Å². The molecule has 29 heavy (non-hydrogen) atoms. The number of aromatic nitrogens is 1. The van der Waals surface area contributed by atoms with Crippen molar-refractivity contribution in [3.63, 3.8) is 0 Å². The van der Waals surface area contributed by atoms with Gasteiger partial charge in [0.2, 0.25) is 0 Å². The number of hydrogen-bond acceptors (Lipinski definition) is 3. The van der Waals surface area contributed by atoms with Gasteiger partial charge in [-0.3, -0.25) is 9.78 Å². The van der Waals surface area contributed by atoms with Crippen LogP contribution < -0.4 is 5.32 Å². The quantitative estimate of drug-likeness (QED) is 0.533. The van der Waals surface area contributed by atoms with Crippen LogP contribution in [-0.2, 0) is 17.6 Å². The van der Waals surface area contributed by atoms with Crippen LogP contribution in [0.4, 0.5) is 11.4 Å². The van der Waals surface area contributed by atoms with Gasteiger partial charge < -0.3 is 10.4 Å². The minimum Gasteiger partial charge on any atom is -0.481 e. The number of carboxylic acid groups (broad SMARTS) is 1. The Morgan fingerprint density at radius 2 is 1.83 bits per heavy atom. The van der Waals surface area contributed by atoms with Crippen LogP contribution in [0.25, 0.3) is 10.9 Å². The molecule has 1 aliphatic carbocycles. The lowest BCUT2D eigenvalue weighted by Gasteiger charge is -2.23. The van der Waals surface area contributed by atoms with Gasteiger partial charge >= 0.3 is 5.97 Å². The summed E-state index contributed by atoms with van der Waals surface area (Å²) < 4.78 is 0. The van der Waals surface area contributed by atoms with Crippen molar-refractivity contribution in [1.29, 1.82) is 0 Å². The topological polar surface area (TPSA) is 62.2 Å². The molecular formula is C25H28N2O2. The smallest absolute Gasteiger partial charge is 0.311 e. The number of aryl methyl sites for hydroxylation is 3. The predicted molar refractivity (Wildman–Crippen MR) is 118 cm³/mol. The fourth-order valence-electron chi connectivity index (χ4n) is 4.54. The van der Waals surface area contributed by atoms with Crippen LogP contribution >= 0.6 is 0 Å². The first kappa shape index (κ1) is 19.4. The number of para-hydroxylation sites is 1. The number of nitrogens with one attached hydrogen (secondary N) is 1. The highest BCUT2D eigenvalue weighted by Crippen LogP contribution is 2.39. The molecule has 1 heterocycles. The lowest BCUT2D eigenvalue weighted by Crippen LogP contribution is -2.16. The van der Waals surface area contributed by atoms with E-state index in [-0.39, 0.29) is 0 Å². The van der Waals surface area contributed by atoms with Gasteiger partial charge in [-0.1, -0.05) is 31.5 Å². The maximum Gasteiger partial charge on any atom is 0.311 e. The SMILES string of the molecule is CCCC(C(=O)O)c1c(C)nc2cc3c(cc2c1Nc1ccccc1)CCCC3. The summed E-state index contributed by atoms with van der Waals surface area (Å²) in [5, 5.41) is 14.6. The summed E-state index contributed by atoms with van der Waals surface area (Å²) in [5.41, 5.74) is 7.17. The summed E-state index contributed by atoms with van der Waals surface area (Å²) in [6.07, 6.45) is 6.02. The molecule has 1 atom stereocenters. The van der Waals surface area contributed by atoms with E-state index in [0.717, 1.165) is 52.8 Å². The number of pyridine rings is 1. The summed E-state index contributed by atoms with van der Waals surface area (Å²) in [6.45, 7) is 3.97. The number of carbonyl (C=O) groups is 1. The van der Waals surface area contributed by atoms with Crippen LogP contribution in [0.1, 0.15) is 60.9 Å². The van der Waals surface area contributed by atoms with Crippen LogP contribution in [0.15, 0.2) is 42.5 Å². The Hall–Kier alpha value is -2.88. The molecule has 0 spiro atoms. The molecule has 0 amide bonds. The summed E-state index contributed by atoms with van der Waals surface area (Å²) >= 11 is 0. The second-order valence-corrected chi connectivity index (χ2v) is 8.00. The van der Waals surface area contributed by atoms with Gasteiger partial charge in [-0.25, -0.2) is 0 Å². The normalized spacial score (nSPS) is 14.4. The van der Waals surface area contributed by atoms with Crippen molar-refractivity contribution in [3.8, 4) is 0 Å². The number of fused-ring (bicyclic) bond motifs is 2. The van der Waals surface area contributed by atoms with Crippen molar-refractivity contribution in [2.75, 3.05) is 5.32 Å². The van der Waals surface area contributed by atoms with Crippen LogP contribution in [0.2, 0.25) is 0 Å². The third kappa shape index (κ3) is 3.84. The third-order valence-electron chi connectivity index (χ3n) is 5.94. The van der Waals surface area contributed by atoms with Crippen LogP contribution in [-0.4, -0.2) is 16.1 Å². The van der Waals surface area contributed by atoms with E-state index in [0.29, 0.717) is 6.42 Å². The molecule has 2 N–H and O–H groups in total. The zero-order valence-corrected chi connectivity index (χ0v) is 17.2. The number of aliphatic carboxylic acids is 1. The first-order chi connectivity index (χ1) is 14.1. The van der Waals surface area contributed by atoms with Crippen molar-refractivity contribution in [2.45, 2.75) is 58.3 Å². The van der Waals surface area contributed by atoms with E-state index in [9.17, 15) is 9.90 Å². The minimum atomic E-state index is -0.787. The van der Waals surface area contributed by atoms with Crippen molar-refractivity contribution >= 4 is 28.2 Å². The first-order valence-electron chi connectivity index (χ1n) is 10.6. The molecule has 1 aliphatic rings. The summed E-state index contributed by atoms with van der Waals surface area (Å²) in [4.78, 5) is 17.0. The van der Waals surface area contributed by atoms with Gasteiger partial charge in [-0.15, -0.1) is 0 Å². The maximum absolute atomic E-state index is 12.2. The Balaban J connectivity index is 1.98. The molecule has 1 unspecified atom stereocenters. The predicted octanol–water partition coefficient (Wildman–Crippen LogP) is 6.13. The van der Waals surface area contributed by atoms with E-state index < -0.39 is 11.9 Å². The number of hydrogen-bond donors (Lipinski definition) is 2. The van der Waals surface area contributed by atoms with Gasteiger partial charge in [0.25, 0.3) is 0 Å². The molecule has 2 aromatic carbocycles. The van der Waals surface area contributed by atoms with E-state index >= 15 is 0 Å². The van der Waals surface area contributed by atoms with Gasteiger partial charge in [0.05, 0.1) is 17.1 Å². The Bertz CT molecular complexity index is 1040.